The van der Waals surface area contributed by atoms with Gasteiger partial charge in [-0.15, -0.1) is 0 Å². The van der Waals surface area contributed by atoms with Crippen LogP contribution < -0.4 is 5.32 Å². The van der Waals surface area contributed by atoms with Crippen LogP contribution in [-0.2, 0) is 11.2 Å². The van der Waals surface area contributed by atoms with E-state index in [0.717, 1.165) is 10.9 Å². The molecule has 2 unspecified atom stereocenters. The number of carbonyl (C=O) groups excluding carboxylic acids is 1. The zero-order valence-corrected chi connectivity index (χ0v) is 13.5. The summed E-state index contributed by atoms with van der Waals surface area (Å²) in [5.41, 5.74) is 1.22. The molecule has 1 aliphatic heterocycles. The monoisotopic (exact) mass is 340 g/mol. The Kier molecular flexibility index (Phi) is 5.43. The molecule has 20 heavy (non-hydrogen) atoms. The number of morpholine rings is 1. The van der Waals surface area contributed by atoms with Crippen molar-refractivity contribution in [3.05, 3.63) is 34.3 Å². The highest BCUT2D eigenvalue weighted by atomic mass is 79.9. The summed E-state index contributed by atoms with van der Waals surface area (Å²) in [5.74, 6) is 0. The van der Waals surface area contributed by atoms with Crippen molar-refractivity contribution in [3.8, 4) is 0 Å². The molecule has 1 heterocycles. The van der Waals surface area contributed by atoms with Gasteiger partial charge in [0.1, 0.15) is 0 Å². The molecular formula is C15H21BrN2O2. The Morgan fingerprint density at radius 1 is 1.30 bits per heavy atom. The van der Waals surface area contributed by atoms with Crippen LogP contribution in [-0.4, -0.2) is 42.8 Å². The first-order chi connectivity index (χ1) is 9.54. The van der Waals surface area contributed by atoms with Gasteiger partial charge in [0.15, 0.2) is 0 Å². The van der Waals surface area contributed by atoms with Crippen LogP contribution in [0.2, 0.25) is 0 Å². The summed E-state index contributed by atoms with van der Waals surface area (Å²) in [6.45, 7) is 5.97. The van der Waals surface area contributed by atoms with Gasteiger partial charge in [-0.1, -0.05) is 28.1 Å². The first kappa shape index (κ1) is 15.3. The normalized spacial score (nSPS) is 22.6. The number of benzene rings is 1. The fourth-order valence-electron chi connectivity index (χ4n) is 2.42. The summed E-state index contributed by atoms with van der Waals surface area (Å²) >= 11 is 3.41. The van der Waals surface area contributed by atoms with Crippen molar-refractivity contribution in [1.82, 2.24) is 10.2 Å². The fraction of sp³-hybridized carbons (Fsp3) is 0.533. The van der Waals surface area contributed by atoms with Crippen molar-refractivity contribution in [3.63, 3.8) is 0 Å². The Balaban J connectivity index is 1.76. The van der Waals surface area contributed by atoms with Crippen molar-refractivity contribution in [2.24, 2.45) is 0 Å². The smallest absolute Gasteiger partial charge is 0.317 e. The predicted molar refractivity (Wildman–Crippen MR) is 82.8 cm³/mol. The zero-order chi connectivity index (χ0) is 14.5. The Bertz CT molecular complexity index is 440. The maximum absolute atomic E-state index is 12.1. The summed E-state index contributed by atoms with van der Waals surface area (Å²) < 4.78 is 6.70. The van der Waals surface area contributed by atoms with Gasteiger partial charge >= 0.3 is 6.03 Å². The quantitative estimate of drug-likeness (QED) is 0.919. The molecule has 1 aliphatic rings. The molecule has 1 N–H and O–H groups in total. The van der Waals surface area contributed by atoms with E-state index in [-0.39, 0.29) is 18.2 Å². The Morgan fingerprint density at radius 2 is 1.90 bits per heavy atom. The van der Waals surface area contributed by atoms with Crippen LogP contribution in [0.25, 0.3) is 0 Å². The number of halogens is 1. The van der Waals surface area contributed by atoms with E-state index in [2.05, 4.69) is 33.4 Å². The number of rotatable bonds is 3. The average molecular weight is 341 g/mol. The summed E-state index contributed by atoms with van der Waals surface area (Å²) in [6.07, 6.45) is 1.06. The number of nitrogens with zero attached hydrogens (tertiary/aromatic N) is 1. The first-order valence-electron chi connectivity index (χ1n) is 6.97. The molecule has 0 saturated carbocycles. The molecule has 0 aromatic heterocycles. The topological polar surface area (TPSA) is 41.6 Å². The van der Waals surface area contributed by atoms with Crippen molar-refractivity contribution >= 4 is 22.0 Å². The Morgan fingerprint density at radius 3 is 2.50 bits per heavy atom. The van der Waals surface area contributed by atoms with E-state index in [1.807, 2.05) is 30.9 Å². The molecular weight excluding hydrogens is 320 g/mol. The molecule has 110 valence electrons. The lowest BCUT2D eigenvalue weighted by atomic mass is 10.1. The van der Waals surface area contributed by atoms with E-state index in [1.165, 1.54) is 5.56 Å². The Labute approximate surface area is 128 Å². The largest absolute Gasteiger partial charge is 0.372 e. The second-order valence-corrected chi connectivity index (χ2v) is 6.19. The molecule has 1 aromatic carbocycles. The first-order valence-corrected chi connectivity index (χ1v) is 7.76. The van der Waals surface area contributed by atoms with Gasteiger partial charge < -0.3 is 15.0 Å². The van der Waals surface area contributed by atoms with Gasteiger partial charge in [0, 0.05) is 24.1 Å². The lowest BCUT2D eigenvalue weighted by Gasteiger charge is -2.35. The summed E-state index contributed by atoms with van der Waals surface area (Å²) in [4.78, 5) is 13.9. The lowest BCUT2D eigenvalue weighted by molar-refractivity contribution is -0.0544. The second-order valence-electron chi connectivity index (χ2n) is 5.27. The van der Waals surface area contributed by atoms with Crippen LogP contribution in [0.3, 0.4) is 0 Å². The molecule has 1 saturated heterocycles. The molecule has 1 fully saturated rings. The maximum Gasteiger partial charge on any atom is 0.317 e. The number of urea groups is 1. The van der Waals surface area contributed by atoms with Crippen LogP contribution in [0.15, 0.2) is 28.7 Å². The van der Waals surface area contributed by atoms with Crippen LogP contribution in [0.1, 0.15) is 19.4 Å². The highest BCUT2D eigenvalue weighted by Gasteiger charge is 2.25. The third kappa shape index (κ3) is 4.49. The van der Waals surface area contributed by atoms with E-state index < -0.39 is 0 Å². The highest BCUT2D eigenvalue weighted by molar-refractivity contribution is 9.10. The molecule has 0 radical (unpaired) electrons. The van der Waals surface area contributed by atoms with Crippen molar-refractivity contribution in [2.75, 3.05) is 19.6 Å². The molecule has 2 amide bonds. The summed E-state index contributed by atoms with van der Waals surface area (Å²) in [5, 5.41) is 2.98. The van der Waals surface area contributed by atoms with Crippen LogP contribution in [0.5, 0.6) is 0 Å². The van der Waals surface area contributed by atoms with Crippen LogP contribution in [0.4, 0.5) is 4.79 Å². The number of amides is 2. The number of ether oxygens (including phenoxy) is 1. The van der Waals surface area contributed by atoms with Gasteiger partial charge in [0.2, 0.25) is 0 Å². The predicted octanol–water partition coefficient (Wildman–Crippen LogP) is 2.81. The summed E-state index contributed by atoms with van der Waals surface area (Å²) in [7, 11) is 0. The molecule has 2 atom stereocenters. The minimum atomic E-state index is 0.00381. The third-order valence-corrected chi connectivity index (χ3v) is 3.84. The van der Waals surface area contributed by atoms with Gasteiger partial charge in [0.25, 0.3) is 0 Å². The molecule has 1 aromatic rings. The van der Waals surface area contributed by atoms with Gasteiger partial charge in [-0.3, -0.25) is 0 Å². The third-order valence-electron chi connectivity index (χ3n) is 3.31. The second kappa shape index (κ2) is 7.09. The SMILES string of the molecule is CC1CN(C(=O)NCCc2ccc(Br)cc2)CC(C)O1. The standard InChI is InChI=1S/C15H21BrN2O2/c1-11-9-18(10-12(2)20-11)15(19)17-8-7-13-3-5-14(16)6-4-13/h3-6,11-12H,7-10H2,1-2H3,(H,17,19). The van der Waals surface area contributed by atoms with E-state index in [9.17, 15) is 4.79 Å². The maximum atomic E-state index is 12.1. The number of nitrogens with one attached hydrogen (secondary N) is 1. The zero-order valence-electron chi connectivity index (χ0n) is 11.9. The Hall–Kier alpha value is -1.07. The van der Waals surface area contributed by atoms with Crippen LogP contribution >= 0.6 is 15.9 Å². The minimum absolute atomic E-state index is 0.00381. The highest BCUT2D eigenvalue weighted by Crippen LogP contribution is 2.12. The van der Waals surface area contributed by atoms with Crippen molar-refractivity contribution < 1.29 is 9.53 Å². The fourth-order valence-corrected chi connectivity index (χ4v) is 2.68. The van der Waals surface area contributed by atoms with Crippen molar-refractivity contribution in [2.45, 2.75) is 32.5 Å². The molecule has 0 spiro atoms. The summed E-state index contributed by atoms with van der Waals surface area (Å²) in [6, 6.07) is 8.17. The van der Waals surface area contributed by atoms with Crippen molar-refractivity contribution in [1.29, 1.82) is 0 Å². The molecule has 2 rings (SSSR count). The lowest BCUT2D eigenvalue weighted by Crippen LogP contribution is -2.51. The van der Waals surface area contributed by atoms with E-state index in [1.54, 1.807) is 0 Å². The van der Waals surface area contributed by atoms with Gasteiger partial charge in [-0.2, -0.15) is 0 Å². The molecule has 0 bridgehead atoms. The van der Waals surface area contributed by atoms with E-state index in [0.29, 0.717) is 19.6 Å². The van der Waals surface area contributed by atoms with Gasteiger partial charge in [-0.05, 0) is 38.0 Å². The van der Waals surface area contributed by atoms with Crippen LogP contribution in [0, 0.1) is 0 Å². The average Bonchev–Trinajstić information content (AvgIpc) is 2.40. The van der Waals surface area contributed by atoms with E-state index in [4.69, 9.17) is 4.74 Å². The van der Waals surface area contributed by atoms with Gasteiger partial charge in [-0.25, -0.2) is 4.79 Å². The number of carbonyl (C=O) groups is 1. The number of hydrogen-bond donors (Lipinski definition) is 1. The molecule has 0 aliphatic carbocycles. The van der Waals surface area contributed by atoms with E-state index >= 15 is 0 Å². The molecule has 4 nitrogen and oxygen atoms in total. The minimum Gasteiger partial charge on any atom is -0.372 e. The number of hydrogen-bond acceptors (Lipinski definition) is 2. The van der Waals surface area contributed by atoms with Gasteiger partial charge in [0.05, 0.1) is 12.2 Å². The molecule has 5 heteroatoms.